The molecule has 6 heteroatoms. The van der Waals surface area contributed by atoms with Crippen molar-refractivity contribution >= 4 is 40.3 Å². The number of rotatable bonds is 4. The molecule has 106 valence electrons. The van der Waals surface area contributed by atoms with Crippen LogP contribution in [-0.4, -0.2) is 6.61 Å². The molecule has 0 fully saturated rings. The van der Waals surface area contributed by atoms with Gasteiger partial charge in [-0.2, -0.15) is 0 Å². The summed E-state index contributed by atoms with van der Waals surface area (Å²) >= 11 is 12.1. The van der Waals surface area contributed by atoms with Gasteiger partial charge in [-0.15, -0.1) is 0 Å². The minimum atomic E-state index is -0.514. The zero-order chi connectivity index (χ0) is 14.7. The molecule has 0 aliphatic rings. The van der Waals surface area contributed by atoms with Gasteiger partial charge in [0, 0.05) is 12.1 Å². The van der Waals surface area contributed by atoms with Crippen LogP contribution in [-0.2, 0) is 0 Å². The highest BCUT2D eigenvalue weighted by atomic mass is 35.5. The smallest absolute Gasteiger partial charge is 0.167 e. The molecule has 0 radical (unpaired) electrons. The van der Waals surface area contributed by atoms with Gasteiger partial charge in [0.25, 0.3) is 0 Å². The zero-order valence-corrected chi connectivity index (χ0v) is 12.2. The monoisotopic (exact) mass is 314 g/mol. The highest BCUT2D eigenvalue weighted by Gasteiger charge is 2.12. The molecular formula is C14H13Cl2FN2O. The second-order valence-electron chi connectivity index (χ2n) is 4.02. The van der Waals surface area contributed by atoms with Crippen molar-refractivity contribution in [1.29, 1.82) is 0 Å². The van der Waals surface area contributed by atoms with Gasteiger partial charge in [-0.3, -0.25) is 0 Å². The Balaban J connectivity index is 2.40. The van der Waals surface area contributed by atoms with Crippen molar-refractivity contribution in [2.24, 2.45) is 0 Å². The van der Waals surface area contributed by atoms with E-state index in [2.05, 4.69) is 5.32 Å². The largest absolute Gasteiger partial charge is 0.491 e. The molecule has 3 N–H and O–H groups in total. The van der Waals surface area contributed by atoms with Crippen LogP contribution in [0.25, 0.3) is 0 Å². The first-order chi connectivity index (χ1) is 9.52. The Morgan fingerprint density at radius 2 is 1.90 bits per heavy atom. The van der Waals surface area contributed by atoms with Crippen LogP contribution in [0.4, 0.5) is 21.5 Å². The van der Waals surface area contributed by atoms with E-state index in [0.29, 0.717) is 28.0 Å². The lowest BCUT2D eigenvalue weighted by molar-refractivity contribution is 0.322. The van der Waals surface area contributed by atoms with E-state index in [0.717, 1.165) is 0 Å². The molecule has 20 heavy (non-hydrogen) atoms. The molecule has 0 saturated heterocycles. The number of hydrogen-bond donors (Lipinski definition) is 2. The van der Waals surface area contributed by atoms with Gasteiger partial charge in [-0.1, -0.05) is 29.3 Å². The van der Waals surface area contributed by atoms with Crippen molar-refractivity contribution in [3.8, 4) is 5.75 Å². The van der Waals surface area contributed by atoms with Crippen LogP contribution in [0.15, 0.2) is 30.3 Å². The number of benzene rings is 2. The molecule has 0 aliphatic heterocycles. The Labute approximate surface area is 126 Å². The number of hydrogen-bond acceptors (Lipinski definition) is 3. The fraction of sp³-hybridized carbons (Fsp3) is 0.143. The van der Waals surface area contributed by atoms with Gasteiger partial charge in [0.05, 0.1) is 33.7 Å². The number of nitrogens with two attached hydrogens (primary N) is 1. The third kappa shape index (κ3) is 3.08. The van der Waals surface area contributed by atoms with Gasteiger partial charge in [0.15, 0.2) is 11.6 Å². The molecule has 0 aliphatic carbocycles. The highest BCUT2D eigenvalue weighted by molar-refractivity contribution is 6.39. The summed E-state index contributed by atoms with van der Waals surface area (Å²) in [5.74, 6) is -0.396. The summed E-state index contributed by atoms with van der Waals surface area (Å²) in [5, 5.41) is 3.89. The van der Waals surface area contributed by atoms with Crippen LogP contribution in [0.3, 0.4) is 0 Å². The maximum atomic E-state index is 13.6. The lowest BCUT2D eigenvalue weighted by Gasteiger charge is -2.14. The Hall–Kier alpha value is -1.65. The number of ether oxygens (including phenoxy) is 1. The average Bonchev–Trinajstić information content (AvgIpc) is 2.39. The molecule has 0 atom stereocenters. The van der Waals surface area contributed by atoms with E-state index >= 15 is 0 Å². The Morgan fingerprint density at radius 3 is 2.50 bits per heavy atom. The van der Waals surface area contributed by atoms with Crippen LogP contribution >= 0.6 is 23.2 Å². The number of halogens is 3. The summed E-state index contributed by atoms with van der Waals surface area (Å²) < 4.78 is 18.8. The summed E-state index contributed by atoms with van der Waals surface area (Å²) in [6.07, 6.45) is 0. The summed E-state index contributed by atoms with van der Waals surface area (Å²) in [5.41, 5.74) is 7.02. The lowest BCUT2D eigenvalue weighted by Crippen LogP contribution is -2.01. The second kappa shape index (κ2) is 6.20. The third-order valence-electron chi connectivity index (χ3n) is 2.63. The first-order valence-corrected chi connectivity index (χ1v) is 6.71. The van der Waals surface area contributed by atoms with Gasteiger partial charge in [0.2, 0.25) is 0 Å². The quantitative estimate of drug-likeness (QED) is 0.792. The fourth-order valence-electron chi connectivity index (χ4n) is 1.70. The summed E-state index contributed by atoms with van der Waals surface area (Å²) in [6, 6.07) is 7.79. The van der Waals surface area contributed by atoms with E-state index in [-0.39, 0.29) is 11.4 Å². The van der Waals surface area contributed by atoms with Crippen LogP contribution in [0.2, 0.25) is 10.0 Å². The molecule has 0 heterocycles. The standard InChI is InChI=1S/C14H13Cl2FN2O/c1-2-20-13-7-12(11(18)6-10(13)17)19-14-8(15)4-3-5-9(14)16/h3-7,19H,2,18H2,1H3. The average molecular weight is 315 g/mol. The van der Waals surface area contributed by atoms with Gasteiger partial charge in [-0.05, 0) is 19.1 Å². The van der Waals surface area contributed by atoms with E-state index < -0.39 is 5.82 Å². The van der Waals surface area contributed by atoms with Crippen LogP contribution < -0.4 is 15.8 Å². The van der Waals surface area contributed by atoms with Crippen molar-refractivity contribution in [2.45, 2.75) is 6.92 Å². The lowest BCUT2D eigenvalue weighted by atomic mass is 10.2. The Bertz CT molecular complexity index is 615. The van der Waals surface area contributed by atoms with Crippen LogP contribution in [0, 0.1) is 5.82 Å². The SMILES string of the molecule is CCOc1cc(Nc2c(Cl)cccc2Cl)c(N)cc1F. The topological polar surface area (TPSA) is 47.3 Å². The number of nitrogens with one attached hydrogen (secondary N) is 1. The molecule has 3 nitrogen and oxygen atoms in total. The molecule has 0 saturated carbocycles. The molecule has 0 bridgehead atoms. The number of anilines is 3. The highest BCUT2D eigenvalue weighted by Crippen LogP contribution is 2.36. The van der Waals surface area contributed by atoms with Gasteiger partial charge in [0.1, 0.15) is 0 Å². The van der Waals surface area contributed by atoms with Crippen molar-refractivity contribution in [1.82, 2.24) is 0 Å². The van der Waals surface area contributed by atoms with Gasteiger partial charge >= 0.3 is 0 Å². The number of nitrogen functional groups attached to an aromatic ring is 1. The predicted octanol–water partition coefficient (Wildman–Crippen LogP) is 4.86. The van der Waals surface area contributed by atoms with Crippen molar-refractivity contribution in [2.75, 3.05) is 17.7 Å². The molecule has 0 aromatic heterocycles. The minimum Gasteiger partial charge on any atom is -0.491 e. The van der Waals surface area contributed by atoms with Crippen LogP contribution in [0.5, 0.6) is 5.75 Å². The van der Waals surface area contributed by atoms with E-state index in [9.17, 15) is 4.39 Å². The molecular weight excluding hydrogens is 302 g/mol. The summed E-state index contributed by atoms with van der Waals surface area (Å²) in [6.45, 7) is 2.13. The molecule has 2 aromatic rings. The molecule has 2 aromatic carbocycles. The molecule has 0 spiro atoms. The van der Waals surface area contributed by atoms with Crippen molar-refractivity contribution in [3.05, 3.63) is 46.2 Å². The zero-order valence-electron chi connectivity index (χ0n) is 10.7. The van der Waals surface area contributed by atoms with Crippen molar-refractivity contribution in [3.63, 3.8) is 0 Å². The van der Waals surface area contributed by atoms with E-state index in [4.69, 9.17) is 33.7 Å². The van der Waals surface area contributed by atoms with E-state index in [1.54, 1.807) is 25.1 Å². The predicted molar refractivity (Wildman–Crippen MR) is 81.7 cm³/mol. The Kier molecular flexibility index (Phi) is 4.57. The van der Waals surface area contributed by atoms with Gasteiger partial charge < -0.3 is 15.8 Å². The first kappa shape index (κ1) is 14.8. The van der Waals surface area contributed by atoms with E-state index in [1.165, 1.54) is 12.1 Å². The minimum absolute atomic E-state index is 0.118. The third-order valence-corrected chi connectivity index (χ3v) is 3.26. The summed E-state index contributed by atoms with van der Waals surface area (Å²) in [4.78, 5) is 0. The molecule has 2 rings (SSSR count). The van der Waals surface area contributed by atoms with Gasteiger partial charge in [-0.25, -0.2) is 4.39 Å². The fourth-order valence-corrected chi connectivity index (χ4v) is 2.19. The normalized spacial score (nSPS) is 10.4. The second-order valence-corrected chi connectivity index (χ2v) is 4.84. The molecule has 0 unspecified atom stereocenters. The maximum Gasteiger partial charge on any atom is 0.167 e. The van der Waals surface area contributed by atoms with Crippen LogP contribution in [0.1, 0.15) is 6.92 Å². The van der Waals surface area contributed by atoms with E-state index in [1.807, 2.05) is 0 Å². The first-order valence-electron chi connectivity index (χ1n) is 5.95. The van der Waals surface area contributed by atoms with Crippen molar-refractivity contribution < 1.29 is 9.13 Å². The summed E-state index contributed by atoms with van der Waals surface area (Å²) in [7, 11) is 0. The maximum absolute atomic E-state index is 13.6. The molecule has 0 amide bonds. The number of para-hydroxylation sites is 1. The Morgan fingerprint density at radius 1 is 1.25 bits per heavy atom.